The second-order valence-corrected chi connectivity index (χ2v) is 6.24. The number of aromatic nitrogens is 4. The molecule has 0 aliphatic carbocycles. The number of oxazole rings is 1. The van der Waals surface area contributed by atoms with Crippen LogP contribution >= 0.6 is 0 Å². The molecule has 5 rings (SSSR count). The summed E-state index contributed by atoms with van der Waals surface area (Å²) in [5.41, 5.74) is 10.2. The molecule has 1 aliphatic rings. The van der Waals surface area contributed by atoms with E-state index in [1.807, 2.05) is 36.5 Å². The van der Waals surface area contributed by atoms with E-state index in [2.05, 4.69) is 20.2 Å². The van der Waals surface area contributed by atoms with Gasteiger partial charge in [-0.1, -0.05) is 0 Å². The predicted molar refractivity (Wildman–Crippen MR) is 99.8 cm³/mol. The van der Waals surface area contributed by atoms with Gasteiger partial charge in [-0.15, -0.1) is 0 Å². The van der Waals surface area contributed by atoms with Crippen LogP contribution in [0.5, 0.6) is 0 Å². The van der Waals surface area contributed by atoms with Crippen molar-refractivity contribution >= 4 is 34.1 Å². The Morgan fingerprint density at radius 3 is 2.77 bits per heavy atom. The third-order valence-corrected chi connectivity index (χ3v) is 4.53. The van der Waals surface area contributed by atoms with Crippen molar-refractivity contribution in [3.05, 3.63) is 36.5 Å². The Balaban J connectivity index is 1.56. The lowest BCUT2D eigenvalue weighted by atomic mass is 10.1. The Morgan fingerprint density at radius 1 is 1.00 bits per heavy atom. The van der Waals surface area contributed by atoms with Gasteiger partial charge >= 0.3 is 0 Å². The molecule has 0 bridgehead atoms. The van der Waals surface area contributed by atoms with E-state index in [9.17, 15) is 0 Å². The molecule has 0 radical (unpaired) electrons. The number of rotatable bonds is 2. The zero-order chi connectivity index (χ0) is 17.5. The van der Waals surface area contributed by atoms with Crippen LogP contribution in [-0.4, -0.2) is 46.1 Å². The number of nitrogens with zero attached hydrogens (tertiary/aromatic N) is 5. The van der Waals surface area contributed by atoms with Gasteiger partial charge in [-0.2, -0.15) is 4.98 Å². The highest BCUT2D eigenvalue weighted by Gasteiger charge is 2.14. The summed E-state index contributed by atoms with van der Waals surface area (Å²) in [7, 11) is 0. The maximum atomic E-state index is 5.62. The van der Waals surface area contributed by atoms with Gasteiger partial charge in [0.2, 0.25) is 0 Å². The summed E-state index contributed by atoms with van der Waals surface area (Å²) in [5.74, 6) is 0.864. The Morgan fingerprint density at radius 2 is 1.88 bits per heavy atom. The Hall–Kier alpha value is -3.26. The normalized spacial score (nSPS) is 15.0. The minimum atomic E-state index is 0.162. The largest absolute Gasteiger partial charge is 0.424 e. The summed E-state index contributed by atoms with van der Waals surface area (Å²) in [4.78, 5) is 20.3. The van der Waals surface area contributed by atoms with Crippen LogP contribution in [-0.2, 0) is 0 Å². The first-order valence-corrected chi connectivity index (χ1v) is 8.52. The molecule has 3 aromatic heterocycles. The highest BCUT2D eigenvalue weighted by molar-refractivity contribution is 5.82. The highest BCUT2D eigenvalue weighted by Crippen LogP contribution is 2.25. The van der Waals surface area contributed by atoms with Gasteiger partial charge in [0, 0.05) is 31.7 Å². The van der Waals surface area contributed by atoms with Crippen molar-refractivity contribution in [2.24, 2.45) is 0 Å². The van der Waals surface area contributed by atoms with E-state index in [1.165, 1.54) is 0 Å². The van der Waals surface area contributed by atoms with E-state index in [4.69, 9.17) is 20.1 Å². The molecular formula is C18H17N7O. The van der Waals surface area contributed by atoms with Crippen molar-refractivity contribution < 1.29 is 4.42 Å². The molecule has 1 fully saturated rings. The molecule has 4 aromatic rings. The lowest BCUT2D eigenvalue weighted by Gasteiger charge is -2.28. The number of nitrogen functional groups attached to an aromatic ring is 1. The summed E-state index contributed by atoms with van der Waals surface area (Å²) >= 11 is 0. The van der Waals surface area contributed by atoms with Crippen molar-refractivity contribution in [3.63, 3.8) is 0 Å². The SMILES string of the molecule is Nc1nc2cc(-c3ccc4ncc(N5CCNCC5)nc4n3)ccc2o1. The third-order valence-electron chi connectivity index (χ3n) is 4.53. The molecular weight excluding hydrogens is 330 g/mol. The summed E-state index contributed by atoms with van der Waals surface area (Å²) in [6.45, 7) is 3.75. The van der Waals surface area contributed by atoms with Crippen LogP contribution in [0, 0.1) is 0 Å². The molecule has 130 valence electrons. The average molecular weight is 347 g/mol. The molecule has 0 amide bonds. The molecule has 0 spiro atoms. The number of piperazine rings is 1. The van der Waals surface area contributed by atoms with Crippen LogP contribution < -0.4 is 16.0 Å². The molecule has 3 N–H and O–H groups in total. The van der Waals surface area contributed by atoms with E-state index in [1.54, 1.807) is 0 Å². The molecule has 4 heterocycles. The first-order valence-electron chi connectivity index (χ1n) is 8.52. The van der Waals surface area contributed by atoms with Crippen LogP contribution in [0.2, 0.25) is 0 Å². The molecule has 8 heteroatoms. The second-order valence-electron chi connectivity index (χ2n) is 6.24. The molecule has 8 nitrogen and oxygen atoms in total. The molecule has 0 unspecified atom stereocenters. The van der Waals surface area contributed by atoms with Gasteiger partial charge in [-0.25, -0.2) is 15.0 Å². The maximum Gasteiger partial charge on any atom is 0.292 e. The molecule has 0 atom stereocenters. The fourth-order valence-electron chi connectivity index (χ4n) is 3.20. The van der Waals surface area contributed by atoms with Crippen LogP contribution in [0.4, 0.5) is 11.8 Å². The number of nitrogens with two attached hydrogens (primary N) is 1. The number of benzene rings is 1. The smallest absolute Gasteiger partial charge is 0.292 e. The summed E-state index contributed by atoms with van der Waals surface area (Å²) in [6, 6.07) is 9.74. The van der Waals surface area contributed by atoms with Crippen molar-refractivity contribution in [3.8, 4) is 11.3 Å². The maximum absolute atomic E-state index is 5.62. The number of fused-ring (bicyclic) bond motifs is 2. The molecule has 1 saturated heterocycles. The Labute approximate surface area is 149 Å². The number of hydrogen-bond donors (Lipinski definition) is 2. The van der Waals surface area contributed by atoms with Gasteiger partial charge in [0.25, 0.3) is 6.01 Å². The standard InChI is InChI=1S/C18H17N7O/c19-18-23-14-9-11(1-4-15(14)26-18)12-2-3-13-17(22-12)24-16(10-21-13)25-7-5-20-6-8-25/h1-4,9-10,20H,5-8H2,(H2,19,23). The van der Waals surface area contributed by atoms with Gasteiger partial charge in [0.15, 0.2) is 11.2 Å². The van der Waals surface area contributed by atoms with Gasteiger partial charge in [-0.05, 0) is 30.3 Å². The van der Waals surface area contributed by atoms with E-state index in [0.717, 1.165) is 48.8 Å². The molecule has 1 aromatic carbocycles. The average Bonchev–Trinajstić information content (AvgIpc) is 3.07. The van der Waals surface area contributed by atoms with E-state index >= 15 is 0 Å². The first kappa shape index (κ1) is 15.0. The van der Waals surface area contributed by atoms with Crippen LogP contribution in [0.1, 0.15) is 0 Å². The monoisotopic (exact) mass is 347 g/mol. The minimum Gasteiger partial charge on any atom is -0.424 e. The zero-order valence-corrected chi connectivity index (χ0v) is 14.0. The Bertz CT molecular complexity index is 1100. The lowest BCUT2D eigenvalue weighted by molar-refractivity contribution is 0.585. The van der Waals surface area contributed by atoms with Gasteiger partial charge in [-0.3, -0.25) is 0 Å². The van der Waals surface area contributed by atoms with Gasteiger partial charge < -0.3 is 20.4 Å². The third kappa shape index (κ3) is 2.60. The lowest BCUT2D eigenvalue weighted by Crippen LogP contribution is -2.43. The zero-order valence-electron chi connectivity index (χ0n) is 14.0. The van der Waals surface area contributed by atoms with Crippen molar-refractivity contribution in [1.29, 1.82) is 0 Å². The molecule has 26 heavy (non-hydrogen) atoms. The van der Waals surface area contributed by atoms with Crippen molar-refractivity contribution in [2.75, 3.05) is 36.8 Å². The van der Waals surface area contributed by atoms with E-state index in [-0.39, 0.29) is 6.01 Å². The van der Waals surface area contributed by atoms with E-state index in [0.29, 0.717) is 16.7 Å². The quantitative estimate of drug-likeness (QED) is 0.566. The highest BCUT2D eigenvalue weighted by atomic mass is 16.4. The van der Waals surface area contributed by atoms with Crippen molar-refractivity contribution in [2.45, 2.75) is 0 Å². The number of anilines is 2. The van der Waals surface area contributed by atoms with Gasteiger partial charge in [0.1, 0.15) is 16.9 Å². The Kier molecular flexibility index (Phi) is 3.42. The van der Waals surface area contributed by atoms with E-state index < -0.39 is 0 Å². The number of hydrogen-bond acceptors (Lipinski definition) is 8. The number of pyridine rings is 1. The fraction of sp³-hybridized carbons (Fsp3) is 0.222. The van der Waals surface area contributed by atoms with Crippen LogP contribution in [0.25, 0.3) is 33.5 Å². The van der Waals surface area contributed by atoms with Gasteiger partial charge in [0.05, 0.1) is 11.9 Å². The van der Waals surface area contributed by atoms with Crippen LogP contribution in [0.15, 0.2) is 40.9 Å². The molecule has 1 aliphatic heterocycles. The predicted octanol–water partition coefficient (Wildman–Crippen LogP) is 1.82. The fourth-order valence-corrected chi connectivity index (χ4v) is 3.20. The topological polar surface area (TPSA) is 106 Å². The second kappa shape index (κ2) is 5.92. The first-order chi connectivity index (χ1) is 12.8. The minimum absolute atomic E-state index is 0.162. The summed E-state index contributed by atoms with van der Waals surface area (Å²) < 4.78 is 5.33. The molecule has 0 saturated carbocycles. The summed E-state index contributed by atoms with van der Waals surface area (Å²) in [6.07, 6.45) is 1.82. The van der Waals surface area contributed by atoms with Crippen molar-refractivity contribution in [1.82, 2.24) is 25.3 Å². The van der Waals surface area contributed by atoms with Crippen LogP contribution in [0.3, 0.4) is 0 Å². The summed E-state index contributed by atoms with van der Waals surface area (Å²) in [5, 5.41) is 3.34. The number of nitrogens with one attached hydrogen (secondary N) is 1.